The van der Waals surface area contributed by atoms with Gasteiger partial charge in [-0.3, -0.25) is 14.5 Å². The minimum atomic E-state index is -0.665. The fourth-order valence-corrected chi connectivity index (χ4v) is 2.76. The van der Waals surface area contributed by atoms with Crippen LogP contribution in [0.1, 0.15) is 19.4 Å². The van der Waals surface area contributed by atoms with Crippen molar-refractivity contribution in [1.29, 1.82) is 0 Å². The molecule has 0 aromatic heterocycles. The van der Waals surface area contributed by atoms with Crippen molar-refractivity contribution in [2.45, 2.75) is 25.8 Å². The number of amides is 2. The standard InChI is InChI=1S/C17H24FN3O2/c1-17(2)16(23)20(3)10-11-21(17)12-15(22)19-9-8-13-4-6-14(18)7-5-13/h4-7H,8-12H2,1-3H3,(H,19,22). The molecule has 5 nitrogen and oxygen atoms in total. The van der Waals surface area contributed by atoms with Crippen LogP contribution in [-0.2, 0) is 16.0 Å². The fourth-order valence-electron chi connectivity index (χ4n) is 2.76. The lowest BCUT2D eigenvalue weighted by Crippen LogP contribution is -2.63. The Balaban J connectivity index is 1.80. The number of nitrogens with one attached hydrogen (secondary N) is 1. The van der Waals surface area contributed by atoms with Gasteiger partial charge in [0.05, 0.1) is 12.1 Å². The molecule has 0 saturated carbocycles. The van der Waals surface area contributed by atoms with Gasteiger partial charge in [-0.25, -0.2) is 4.39 Å². The largest absolute Gasteiger partial charge is 0.355 e. The normalized spacial score (nSPS) is 18.1. The van der Waals surface area contributed by atoms with Crippen LogP contribution in [0.15, 0.2) is 24.3 Å². The van der Waals surface area contributed by atoms with Crippen LogP contribution in [0.3, 0.4) is 0 Å². The van der Waals surface area contributed by atoms with Crippen LogP contribution < -0.4 is 5.32 Å². The average molecular weight is 321 g/mol. The van der Waals surface area contributed by atoms with E-state index < -0.39 is 5.54 Å². The first-order chi connectivity index (χ1) is 10.8. The van der Waals surface area contributed by atoms with Crippen molar-refractivity contribution in [2.24, 2.45) is 0 Å². The molecule has 1 N–H and O–H groups in total. The van der Waals surface area contributed by atoms with Crippen molar-refractivity contribution in [3.05, 3.63) is 35.6 Å². The second-order valence-corrected chi connectivity index (χ2v) is 6.43. The van der Waals surface area contributed by atoms with Gasteiger partial charge in [-0.15, -0.1) is 0 Å². The van der Waals surface area contributed by atoms with Crippen LogP contribution in [0, 0.1) is 5.82 Å². The van der Waals surface area contributed by atoms with Gasteiger partial charge in [0.1, 0.15) is 5.82 Å². The molecule has 23 heavy (non-hydrogen) atoms. The number of hydrogen-bond acceptors (Lipinski definition) is 3. The Morgan fingerprint density at radius 1 is 1.26 bits per heavy atom. The Bertz CT molecular complexity index is 572. The van der Waals surface area contributed by atoms with Crippen LogP contribution in [0.5, 0.6) is 0 Å². The summed E-state index contributed by atoms with van der Waals surface area (Å²) in [5.74, 6) is -0.333. The molecule has 0 aliphatic carbocycles. The Morgan fingerprint density at radius 3 is 2.57 bits per heavy atom. The van der Waals surface area contributed by atoms with E-state index in [1.165, 1.54) is 12.1 Å². The van der Waals surface area contributed by atoms with E-state index in [9.17, 15) is 14.0 Å². The second kappa shape index (κ2) is 7.08. The van der Waals surface area contributed by atoms with Crippen molar-refractivity contribution < 1.29 is 14.0 Å². The monoisotopic (exact) mass is 321 g/mol. The predicted octanol–water partition coefficient (Wildman–Crippen LogP) is 1.04. The van der Waals surface area contributed by atoms with Crippen LogP contribution in [0.25, 0.3) is 0 Å². The molecule has 0 bridgehead atoms. The Morgan fingerprint density at radius 2 is 1.91 bits per heavy atom. The number of carbonyl (C=O) groups is 2. The third-order valence-corrected chi connectivity index (χ3v) is 4.35. The predicted molar refractivity (Wildman–Crippen MR) is 86.4 cm³/mol. The smallest absolute Gasteiger partial charge is 0.242 e. The highest BCUT2D eigenvalue weighted by Crippen LogP contribution is 2.20. The van der Waals surface area contributed by atoms with Gasteiger partial charge in [-0.1, -0.05) is 12.1 Å². The molecule has 1 heterocycles. The summed E-state index contributed by atoms with van der Waals surface area (Å²) < 4.78 is 12.8. The Labute approximate surface area is 136 Å². The highest BCUT2D eigenvalue weighted by atomic mass is 19.1. The molecule has 1 aliphatic rings. The van der Waals surface area contributed by atoms with E-state index in [0.29, 0.717) is 26.1 Å². The van der Waals surface area contributed by atoms with E-state index in [2.05, 4.69) is 5.32 Å². The van der Waals surface area contributed by atoms with Gasteiger partial charge in [0.25, 0.3) is 0 Å². The van der Waals surface area contributed by atoms with Crippen molar-refractivity contribution in [2.75, 3.05) is 33.2 Å². The summed E-state index contributed by atoms with van der Waals surface area (Å²) in [6.45, 7) is 5.70. The quantitative estimate of drug-likeness (QED) is 0.881. The molecule has 1 fully saturated rings. The van der Waals surface area contributed by atoms with Gasteiger partial charge in [-0.2, -0.15) is 0 Å². The molecule has 6 heteroatoms. The number of benzene rings is 1. The van der Waals surface area contributed by atoms with Crippen LogP contribution >= 0.6 is 0 Å². The highest BCUT2D eigenvalue weighted by Gasteiger charge is 2.40. The molecular weight excluding hydrogens is 297 g/mol. The zero-order valence-electron chi connectivity index (χ0n) is 13.9. The molecule has 1 saturated heterocycles. The number of carbonyl (C=O) groups excluding carboxylic acids is 2. The average Bonchev–Trinajstić information content (AvgIpc) is 2.50. The maximum atomic E-state index is 12.8. The molecule has 126 valence electrons. The van der Waals surface area contributed by atoms with Crippen molar-refractivity contribution in [3.63, 3.8) is 0 Å². The maximum Gasteiger partial charge on any atom is 0.242 e. The molecule has 2 rings (SSSR count). The SMILES string of the molecule is CN1CCN(CC(=O)NCCc2ccc(F)cc2)C(C)(C)C1=O. The minimum Gasteiger partial charge on any atom is -0.355 e. The van der Waals surface area contributed by atoms with Gasteiger partial charge >= 0.3 is 0 Å². The zero-order valence-corrected chi connectivity index (χ0v) is 13.9. The molecule has 1 aromatic rings. The number of halogens is 1. The Hall–Kier alpha value is -1.95. The number of hydrogen-bond donors (Lipinski definition) is 1. The lowest BCUT2D eigenvalue weighted by Gasteiger charge is -2.44. The molecule has 0 atom stereocenters. The van der Waals surface area contributed by atoms with E-state index in [1.54, 1.807) is 24.1 Å². The molecule has 1 aliphatic heterocycles. The third kappa shape index (κ3) is 4.28. The van der Waals surface area contributed by atoms with E-state index in [0.717, 1.165) is 5.56 Å². The summed E-state index contributed by atoms with van der Waals surface area (Å²) in [6, 6.07) is 6.25. The third-order valence-electron chi connectivity index (χ3n) is 4.35. The summed E-state index contributed by atoms with van der Waals surface area (Å²) in [5, 5.41) is 2.86. The zero-order chi connectivity index (χ0) is 17.0. The first-order valence-corrected chi connectivity index (χ1v) is 7.82. The van der Waals surface area contributed by atoms with Crippen LogP contribution in [0.2, 0.25) is 0 Å². The summed E-state index contributed by atoms with van der Waals surface area (Å²) in [6.07, 6.45) is 0.650. The highest BCUT2D eigenvalue weighted by molar-refractivity contribution is 5.87. The first-order valence-electron chi connectivity index (χ1n) is 7.82. The van der Waals surface area contributed by atoms with Gasteiger partial charge in [0, 0.05) is 26.7 Å². The van der Waals surface area contributed by atoms with Crippen molar-refractivity contribution >= 4 is 11.8 Å². The molecule has 0 unspecified atom stereocenters. The van der Waals surface area contributed by atoms with E-state index in [-0.39, 0.29) is 24.2 Å². The van der Waals surface area contributed by atoms with Crippen molar-refractivity contribution in [1.82, 2.24) is 15.1 Å². The number of likely N-dealkylation sites (N-methyl/N-ethyl adjacent to an activating group) is 1. The van der Waals surface area contributed by atoms with E-state index in [1.807, 2.05) is 18.7 Å². The summed E-state index contributed by atoms with van der Waals surface area (Å²) >= 11 is 0. The summed E-state index contributed by atoms with van der Waals surface area (Å²) in [4.78, 5) is 27.9. The number of piperazine rings is 1. The Kier molecular flexibility index (Phi) is 5.36. The van der Waals surface area contributed by atoms with Crippen LogP contribution in [-0.4, -0.2) is 60.4 Å². The van der Waals surface area contributed by atoms with E-state index >= 15 is 0 Å². The topological polar surface area (TPSA) is 52.6 Å². The molecule has 0 radical (unpaired) electrons. The lowest BCUT2D eigenvalue weighted by atomic mass is 9.98. The van der Waals surface area contributed by atoms with E-state index in [4.69, 9.17) is 0 Å². The van der Waals surface area contributed by atoms with Gasteiger partial charge < -0.3 is 10.2 Å². The van der Waals surface area contributed by atoms with Crippen LogP contribution in [0.4, 0.5) is 4.39 Å². The molecular formula is C17H24FN3O2. The minimum absolute atomic E-state index is 0.0304. The molecule has 1 aromatic carbocycles. The first kappa shape index (κ1) is 17.4. The van der Waals surface area contributed by atoms with Gasteiger partial charge in [-0.05, 0) is 38.0 Å². The van der Waals surface area contributed by atoms with Gasteiger partial charge in [0.15, 0.2) is 0 Å². The summed E-state index contributed by atoms with van der Waals surface area (Å²) in [5.41, 5.74) is 0.309. The lowest BCUT2D eigenvalue weighted by molar-refractivity contribution is -0.148. The molecule has 0 spiro atoms. The maximum absolute atomic E-state index is 12.8. The van der Waals surface area contributed by atoms with Gasteiger partial charge in [0.2, 0.25) is 11.8 Å². The number of rotatable bonds is 5. The summed E-state index contributed by atoms with van der Waals surface area (Å²) in [7, 11) is 1.78. The molecule has 2 amide bonds. The number of nitrogens with zero attached hydrogens (tertiary/aromatic N) is 2. The second-order valence-electron chi connectivity index (χ2n) is 6.43. The van der Waals surface area contributed by atoms with Crippen molar-refractivity contribution in [3.8, 4) is 0 Å². The fraction of sp³-hybridized carbons (Fsp3) is 0.529.